The molecule has 2 amide bonds. The molecular weight excluding hydrogens is 350 g/mol. The number of nitrogens with one attached hydrogen (secondary N) is 1. The van der Waals surface area contributed by atoms with Crippen molar-refractivity contribution < 1.29 is 14.1 Å². The van der Waals surface area contributed by atoms with Crippen molar-refractivity contribution in [1.82, 2.24) is 5.16 Å². The lowest BCUT2D eigenvalue weighted by Gasteiger charge is -2.06. The van der Waals surface area contributed by atoms with Gasteiger partial charge < -0.3 is 10.3 Å². The summed E-state index contributed by atoms with van der Waals surface area (Å²) >= 11 is 1.40. The fourth-order valence-electron chi connectivity index (χ4n) is 2.78. The van der Waals surface area contributed by atoms with Crippen molar-refractivity contribution in [1.29, 1.82) is 0 Å². The maximum atomic E-state index is 12.8. The van der Waals surface area contributed by atoms with Gasteiger partial charge in [0, 0.05) is 5.56 Å². The first-order chi connectivity index (χ1) is 12.6. The Bertz CT molecular complexity index is 1110. The molecular formula is C19H13N3O3S. The average Bonchev–Trinajstić information content (AvgIpc) is 3.30. The first kappa shape index (κ1) is 16.0. The van der Waals surface area contributed by atoms with E-state index in [1.54, 1.807) is 18.2 Å². The number of thiophene rings is 1. The lowest BCUT2D eigenvalue weighted by Crippen LogP contribution is -2.17. The molecule has 0 aliphatic rings. The Labute approximate surface area is 152 Å². The van der Waals surface area contributed by atoms with Gasteiger partial charge >= 0.3 is 0 Å². The van der Waals surface area contributed by atoms with Gasteiger partial charge in [-0.25, -0.2) is 0 Å². The number of anilines is 1. The minimum Gasteiger partial charge on any atom is -0.365 e. The Morgan fingerprint density at radius 3 is 2.62 bits per heavy atom. The molecule has 0 aliphatic carbocycles. The topological polar surface area (TPSA) is 98.2 Å². The van der Waals surface area contributed by atoms with E-state index in [0.29, 0.717) is 11.3 Å². The van der Waals surface area contributed by atoms with E-state index in [0.717, 1.165) is 15.6 Å². The fraction of sp³-hybridized carbons (Fsp3) is 0. The third-order valence-electron chi connectivity index (χ3n) is 3.95. The monoisotopic (exact) mass is 363 g/mol. The van der Waals surface area contributed by atoms with Gasteiger partial charge in [0.05, 0.1) is 4.88 Å². The van der Waals surface area contributed by atoms with Gasteiger partial charge in [-0.05, 0) is 28.3 Å². The Hall–Kier alpha value is -3.45. The summed E-state index contributed by atoms with van der Waals surface area (Å²) in [5.74, 6) is -1.18. The van der Waals surface area contributed by atoms with Crippen molar-refractivity contribution in [3.8, 4) is 10.6 Å². The Kier molecular flexibility index (Phi) is 3.98. The molecule has 4 rings (SSSR count). The van der Waals surface area contributed by atoms with E-state index in [-0.39, 0.29) is 11.4 Å². The lowest BCUT2D eigenvalue weighted by atomic mass is 10.0. The maximum Gasteiger partial charge on any atom is 0.258 e. The molecule has 6 nitrogen and oxygen atoms in total. The Balaban J connectivity index is 1.73. The van der Waals surface area contributed by atoms with E-state index < -0.39 is 11.8 Å². The van der Waals surface area contributed by atoms with Crippen LogP contribution in [0, 0.1) is 0 Å². The molecule has 2 heterocycles. The summed E-state index contributed by atoms with van der Waals surface area (Å²) in [4.78, 5) is 25.4. The number of hydrogen-bond donors (Lipinski definition) is 2. The summed E-state index contributed by atoms with van der Waals surface area (Å²) in [6.07, 6.45) is 0. The lowest BCUT2D eigenvalue weighted by molar-refractivity contribution is 0.100. The number of fused-ring (bicyclic) bond motifs is 1. The van der Waals surface area contributed by atoms with Gasteiger partial charge in [0.15, 0.2) is 0 Å². The normalized spacial score (nSPS) is 10.8. The van der Waals surface area contributed by atoms with Crippen LogP contribution in [0.2, 0.25) is 0 Å². The Morgan fingerprint density at radius 1 is 1.04 bits per heavy atom. The van der Waals surface area contributed by atoms with E-state index >= 15 is 0 Å². The largest absolute Gasteiger partial charge is 0.365 e. The highest BCUT2D eigenvalue weighted by Gasteiger charge is 2.25. The van der Waals surface area contributed by atoms with E-state index in [1.807, 2.05) is 41.8 Å². The molecule has 128 valence electrons. The third kappa shape index (κ3) is 2.74. The fourth-order valence-corrected chi connectivity index (χ4v) is 3.49. The summed E-state index contributed by atoms with van der Waals surface area (Å²) in [6.45, 7) is 0. The summed E-state index contributed by atoms with van der Waals surface area (Å²) in [5, 5.41) is 10.1. The maximum absolute atomic E-state index is 12.8. The summed E-state index contributed by atoms with van der Waals surface area (Å²) < 4.78 is 5.21. The van der Waals surface area contributed by atoms with Gasteiger partial charge in [-0.3, -0.25) is 14.9 Å². The number of primary amides is 1. The molecule has 7 heteroatoms. The van der Waals surface area contributed by atoms with Crippen LogP contribution in [-0.2, 0) is 0 Å². The number of rotatable bonds is 4. The highest BCUT2D eigenvalue weighted by molar-refractivity contribution is 7.13. The highest BCUT2D eigenvalue weighted by Crippen LogP contribution is 2.32. The van der Waals surface area contributed by atoms with Crippen LogP contribution in [0.25, 0.3) is 21.3 Å². The van der Waals surface area contributed by atoms with Crippen molar-refractivity contribution in [3.05, 3.63) is 71.1 Å². The zero-order valence-corrected chi connectivity index (χ0v) is 14.2. The van der Waals surface area contributed by atoms with Gasteiger partial charge in [-0.2, -0.15) is 0 Å². The van der Waals surface area contributed by atoms with E-state index in [9.17, 15) is 9.59 Å². The number of nitrogens with two attached hydrogens (primary N) is 1. The molecule has 0 unspecified atom stereocenters. The smallest absolute Gasteiger partial charge is 0.258 e. The molecule has 0 spiro atoms. The number of amides is 2. The van der Waals surface area contributed by atoms with Gasteiger partial charge in [0.2, 0.25) is 5.88 Å². The molecule has 0 radical (unpaired) electrons. The van der Waals surface area contributed by atoms with Crippen LogP contribution in [0.5, 0.6) is 0 Å². The summed E-state index contributed by atoms with van der Waals surface area (Å²) in [5.41, 5.74) is 6.33. The van der Waals surface area contributed by atoms with Crippen LogP contribution in [0.4, 0.5) is 5.88 Å². The molecule has 4 aromatic rings. The van der Waals surface area contributed by atoms with Crippen molar-refractivity contribution in [2.45, 2.75) is 0 Å². The quantitative estimate of drug-likeness (QED) is 0.574. The van der Waals surface area contributed by atoms with Crippen LogP contribution in [-0.4, -0.2) is 17.0 Å². The second kappa shape index (κ2) is 6.45. The first-order valence-electron chi connectivity index (χ1n) is 7.77. The van der Waals surface area contributed by atoms with Gasteiger partial charge in [-0.1, -0.05) is 47.6 Å². The van der Waals surface area contributed by atoms with Crippen molar-refractivity contribution in [2.24, 2.45) is 5.73 Å². The Morgan fingerprint density at radius 2 is 1.85 bits per heavy atom. The average molecular weight is 363 g/mol. The van der Waals surface area contributed by atoms with Crippen molar-refractivity contribution in [2.75, 3.05) is 5.32 Å². The predicted octanol–water partition coefficient (Wildman–Crippen LogP) is 3.91. The van der Waals surface area contributed by atoms with Crippen LogP contribution in [0.1, 0.15) is 20.7 Å². The molecule has 0 bridgehead atoms. The van der Waals surface area contributed by atoms with E-state index in [1.165, 1.54) is 11.3 Å². The summed E-state index contributed by atoms with van der Waals surface area (Å²) in [6, 6.07) is 16.6. The SMILES string of the molecule is NC(=O)c1c(-c2cccs2)noc1NC(=O)c1cccc2ccccc12. The number of carbonyl (C=O) groups is 2. The van der Waals surface area contributed by atoms with Crippen LogP contribution in [0.15, 0.2) is 64.5 Å². The molecule has 26 heavy (non-hydrogen) atoms. The van der Waals surface area contributed by atoms with E-state index in [2.05, 4.69) is 10.5 Å². The minimum atomic E-state index is -0.720. The number of hydrogen-bond acceptors (Lipinski definition) is 5. The van der Waals surface area contributed by atoms with Crippen molar-refractivity contribution in [3.63, 3.8) is 0 Å². The van der Waals surface area contributed by atoms with Crippen LogP contribution < -0.4 is 11.1 Å². The van der Waals surface area contributed by atoms with Gasteiger partial charge in [0.25, 0.3) is 11.8 Å². The standard InChI is InChI=1S/C19H13N3O3S/c20-17(23)15-16(14-9-4-10-26-14)22-25-19(15)21-18(24)13-8-3-6-11-5-1-2-7-12(11)13/h1-10H,(H2,20,23)(H,21,24). The number of carbonyl (C=O) groups excluding carboxylic acids is 2. The molecule has 2 aromatic heterocycles. The molecule has 0 saturated heterocycles. The van der Waals surface area contributed by atoms with Crippen LogP contribution in [0.3, 0.4) is 0 Å². The molecule has 0 fully saturated rings. The number of nitrogens with zero attached hydrogens (tertiary/aromatic N) is 1. The molecule has 2 aromatic carbocycles. The molecule has 0 aliphatic heterocycles. The molecule has 3 N–H and O–H groups in total. The third-order valence-corrected chi connectivity index (χ3v) is 4.83. The predicted molar refractivity (Wildman–Crippen MR) is 100 cm³/mol. The molecule has 0 atom stereocenters. The number of aromatic nitrogens is 1. The molecule has 0 saturated carbocycles. The van der Waals surface area contributed by atoms with Gasteiger partial charge in [-0.15, -0.1) is 11.3 Å². The minimum absolute atomic E-state index is 0.0565. The number of benzene rings is 2. The second-order valence-corrected chi connectivity index (χ2v) is 6.51. The zero-order valence-electron chi connectivity index (χ0n) is 13.4. The van der Waals surface area contributed by atoms with Crippen LogP contribution >= 0.6 is 11.3 Å². The van der Waals surface area contributed by atoms with Gasteiger partial charge in [0.1, 0.15) is 11.3 Å². The highest BCUT2D eigenvalue weighted by atomic mass is 32.1. The first-order valence-corrected chi connectivity index (χ1v) is 8.65. The second-order valence-electron chi connectivity index (χ2n) is 5.56. The van der Waals surface area contributed by atoms with E-state index in [4.69, 9.17) is 10.3 Å². The summed E-state index contributed by atoms with van der Waals surface area (Å²) in [7, 11) is 0. The zero-order chi connectivity index (χ0) is 18.1. The van der Waals surface area contributed by atoms with Crippen molar-refractivity contribution >= 4 is 39.8 Å².